The van der Waals surface area contributed by atoms with Crippen molar-refractivity contribution < 1.29 is 9.53 Å². The van der Waals surface area contributed by atoms with E-state index in [1.54, 1.807) is 6.20 Å². The second-order valence-electron chi connectivity index (χ2n) is 3.68. The fourth-order valence-electron chi connectivity index (χ4n) is 1.26. The van der Waals surface area contributed by atoms with Crippen LogP contribution in [-0.2, 0) is 16.1 Å². The third-order valence-corrected chi connectivity index (χ3v) is 2.57. The van der Waals surface area contributed by atoms with Crippen molar-refractivity contribution in [3.8, 4) is 0 Å². The molecule has 1 rings (SSSR count). The smallest absolute Gasteiger partial charge is 0.309 e. The first-order valence-corrected chi connectivity index (χ1v) is 5.21. The molecule has 5 heteroatoms. The number of esters is 1. The number of carbonyl (C=O) groups is 1. The van der Waals surface area contributed by atoms with E-state index in [-0.39, 0.29) is 17.9 Å². The number of nitrogens with zero attached hydrogens (tertiary/aromatic N) is 2. The lowest BCUT2D eigenvalue weighted by Crippen LogP contribution is -2.36. The molecule has 16 heavy (non-hydrogen) atoms. The normalized spacial score (nSPS) is 14.2. The van der Waals surface area contributed by atoms with E-state index in [0.29, 0.717) is 6.54 Å². The van der Waals surface area contributed by atoms with Gasteiger partial charge in [0, 0.05) is 18.8 Å². The van der Waals surface area contributed by atoms with E-state index in [0.717, 1.165) is 5.69 Å². The molecule has 0 amide bonds. The highest BCUT2D eigenvalue weighted by molar-refractivity contribution is 5.72. The van der Waals surface area contributed by atoms with Gasteiger partial charge >= 0.3 is 5.97 Å². The van der Waals surface area contributed by atoms with Crippen molar-refractivity contribution in [3.05, 3.63) is 24.3 Å². The minimum absolute atomic E-state index is 0.0439. The molecule has 0 aliphatic rings. The number of hydrogen-bond donors (Lipinski definition) is 1. The molecule has 88 valence electrons. The zero-order valence-corrected chi connectivity index (χ0v) is 9.80. The standard InChI is InChI=1S/C11H17N3O2/c1-8(11(15)16-3)9(2)13-6-10-4-5-12-7-14-10/h4-5,7-9,13H,6H2,1-3H3. The zero-order valence-electron chi connectivity index (χ0n) is 9.80. The van der Waals surface area contributed by atoms with Crippen molar-refractivity contribution in [1.82, 2.24) is 15.3 Å². The van der Waals surface area contributed by atoms with Crippen LogP contribution in [0.1, 0.15) is 19.5 Å². The van der Waals surface area contributed by atoms with E-state index in [1.165, 1.54) is 13.4 Å². The van der Waals surface area contributed by atoms with Crippen LogP contribution in [-0.4, -0.2) is 29.1 Å². The molecule has 0 aliphatic carbocycles. The lowest BCUT2D eigenvalue weighted by molar-refractivity contribution is -0.145. The number of methoxy groups -OCH3 is 1. The number of rotatable bonds is 5. The highest BCUT2D eigenvalue weighted by Gasteiger charge is 2.20. The molecular formula is C11H17N3O2. The number of carbonyl (C=O) groups excluding carboxylic acids is 1. The Hall–Kier alpha value is -1.49. The lowest BCUT2D eigenvalue weighted by Gasteiger charge is -2.18. The molecule has 0 fully saturated rings. The first-order valence-electron chi connectivity index (χ1n) is 5.21. The fraction of sp³-hybridized carbons (Fsp3) is 0.545. The highest BCUT2D eigenvalue weighted by atomic mass is 16.5. The molecule has 1 N–H and O–H groups in total. The van der Waals surface area contributed by atoms with Crippen LogP contribution >= 0.6 is 0 Å². The number of nitrogens with one attached hydrogen (secondary N) is 1. The van der Waals surface area contributed by atoms with Crippen LogP contribution in [0.25, 0.3) is 0 Å². The fourth-order valence-corrected chi connectivity index (χ4v) is 1.26. The van der Waals surface area contributed by atoms with Crippen molar-refractivity contribution in [3.63, 3.8) is 0 Å². The largest absolute Gasteiger partial charge is 0.469 e. The molecule has 0 spiro atoms. The van der Waals surface area contributed by atoms with Gasteiger partial charge in [-0.2, -0.15) is 0 Å². The van der Waals surface area contributed by atoms with Crippen LogP contribution < -0.4 is 5.32 Å². The maximum atomic E-state index is 11.3. The Morgan fingerprint density at radius 3 is 2.88 bits per heavy atom. The molecule has 0 aliphatic heterocycles. The average molecular weight is 223 g/mol. The van der Waals surface area contributed by atoms with Gasteiger partial charge in [0.05, 0.1) is 18.7 Å². The van der Waals surface area contributed by atoms with Crippen LogP contribution in [0.2, 0.25) is 0 Å². The van der Waals surface area contributed by atoms with Gasteiger partial charge in [-0.15, -0.1) is 0 Å². The van der Waals surface area contributed by atoms with Gasteiger partial charge < -0.3 is 10.1 Å². The van der Waals surface area contributed by atoms with Gasteiger partial charge in [0.15, 0.2) is 0 Å². The van der Waals surface area contributed by atoms with Gasteiger partial charge in [0.1, 0.15) is 6.33 Å². The Bertz CT molecular complexity index is 329. The minimum Gasteiger partial charge on any atom is -0.469 e. The second-order valence-corrected chi connectivity index (χ2v) is 3.68. The van der Waals surface area contributed by atoms with Crippen molar-refractivity contribution in [2.24, 2.45) is 5.92 Å². The molecule has 0 aromatic carbocycles. The summed E-state index contributed by atoms with van der Waals surface area (Å²) in [4.78, 5) is 19.2. The van der Waals surface area contributed by atoms with Gasteiger partial charge in [-0.3, -0.25) is 4.79 Å². The Morgan fingerprint density at radius 2 is 2.31 bits per heavy atom. The summed E-state index contributed by atoms with van der Waals surface area (Å²) in [6.07, 6.45) is 3.20. The molecule has 2 atom stereocenters. The zero-order chi connectivity index (χ0) is 12.0. The van der Waals surface area contributed by atoms with Crippen LogP contribution in [0, 0.1) is 5.92 Å². The molecule has 5 nitrogen and oxygen atoms in total. The summed E-state index contributed by atoms with van der Waals surface area (Å²) in [6, 6.07) is 1.88. The van der Waals surface area contributed by atoms with Gasteiger partial charge in [-0.1, -0.05) is 6.92 Å². The molecule has 1 aromatic rings. The van der Waals surface area contributed by atoms with E-state index >= 15 is 0 Å². The van der Waals surface area contributed by atoms with Crippen molar-refractivity contribution in [2.45, 2.75) is 26.4 Å². The van der Waals surface area contributed by atoms with E-state index in [2.05, 4.69) is 20.0 Å². The van der Waals surface area contributed by atoms with Gasteiger partial charge in [0.2, 0.25) is 0 Å². The molecule has 1 heterocycles. The molecule has 2 unspecified atom stereocenters. The van der Waals surface area contributed by atoms with Crippen LogP contribution in [0.15, 0.2) is 18.6 Å². The highest BCUT2D eigenvalue weighted by Crippen LogP contribution is 2.05. The Labute approximate surface area is 95.3 Å². The number of aromatic nitrogens is 2. The van der Waals surface area contributed by atoms with Crippen molar-refractivity contribution in [2.75, 3.05) is 7.11 Å². The third kappa shape index (κ3) is 3.58. The Kier molecular flexibility index (Phi) is 4.85. The van der Waals surface area contributed by atoms with E-state index < -0.39 is 0 Å². The first-order chi connectivity index (χ1) is 7.65. The van der Waals surface area contributed by atoms with Crippen LogP contribution in [0.3, 0.4) is 0 Å². The summed E-state index contributed by atoms with van der Waals surface area (Å²) in [5.41, 5.74) is 0.902. The average Bonchev–Trinajstić information content (AvgIpc) is 2.35. The number of hydrogen-bond acceptors (Lipinski definition) is 5. The maximum absolute atomic E-state index is 11.3. The molecule has 0 radical (unpaired) electrons. The van der Waals surface area contributed by atoms with E-state index in [9.17, 15) is 4.79 Å². The summed E-state index contributed by atoms with van der Waals surface area (Å²) < 4.78 is 4.68. The summed E-state index contributed by atoms with van der Waals surface area (Å²) in [5, 5.41) is 3.22. The first kappa shape index (κ1) is 12.6. The minimum atomic E-state index is -0.206. The predicted octanol–water partition coefficient (Wildman–Crippen LogP) is 0.764. The molecule has 0 bridgehead atoms. The van der Waals surface area contributed by atoms with E-state index in [1.807, 2.05) is 19.9 Å². The quantitative estimate of drug-likeness (QED) is 0.747. The Morgan fingerprint density at radius 1 is 1.56 bits per heavy atom. The van der Waals surface area contributed by atoms with Gasteiger partial charge in [-0.25, -0.2) is 9.97 Å². The van der Waals surface area contributed by atoms with Crippen LogP contribution in [0.4, 0.5) is 0 Å². The van der Waals surface area contributed by atoms with Crippen molar-refractivity contribution >= 4 is 5.97 Å². The van der Waals surface area contributed by atoms with E-state index in [4.69, 9.17) is 0 Å². The van der Waals surface area contributed by atoms with Gasteiger partial charge in [0.25, 0.3) is 0 Å². The summed E-state index contributed by atoms with van der Waals surface area (Å²) in [5.74, 6) is -0.380. The van der Waals surface area contributed by atoms with Crippen LogP contribution in [0.5, 0.6) is 0 Å². The predicted molar refractivity (Wildman–Crippen MR) is 59.5 cm³/mol. The Balaban J connectivity index is 2.41. The molecular weight excluding hydrogens is 206 g/mol. The summed E-state index contributed by atoms with van der Waals surface area (Å²) in [6.45, 7) is 4.40. The summed E-state index contributed by atoms with van der Waals surface area (Å²) in [7, 11) is 1.40. The topological polar surface area (TPSA) is 64.1 Å². The monoisotopic (exact) mass is 223 g/mol. The second kappa shape index (κ2) is 6.17. The van der Waals surface area contributed by atoms with Crippen molar-refractivity contribution in [1.29, 1.82) is 0 Å². The maximum Gasteiger partial charge on any atom is 0.309 e. The SMILES string of the molecule is COC(=O)C(C)C(C)NCc1ccncn1. The lowest BCUT2D eigenvalue weighted by atomic mass is 10.0. The van der Waals surface area contributed by atoms with Gasteiger partial charge in [-0.05, 0) is 13.0 Å². The molecule has 1 aromatic heterocycles. The molecule has 0 saturated heterocycles. The molecule has 0 saturated carbocycles. The summed E-state index contributed by atoms with van der Waals surface area (Å²) >= 11 is 0. The third-order valence-electron chi connectivity index (χ3n) is 2.57. The number of ether oxygens (including phenoxy) is 1.